The topological polar surface area (TPSA) is 238 Å². The third-order valence-corrected chi connectivity index (χ3v) is 16.9. The average molecular weight is 1340 g/mol. The number of hydrogen-bond donors (Lipinski definition) is 4. The van der Waals surface area contributed by atoms with Crippen molar-refractivity contribution in [1.82, 2.24) is 49.7 Å². The number of alkyl halides is 2. The summed E-state index contributed by atoms with van der Waals surface area (Å²) in [6, 6.07) is 20.0. The quantitative estimate of drug-likeness (QED) is 0.0462. The molecule has 2 saturated carbocycles. The zero-order valence-electron chi connectivity index (χ0n) is 49.6. The number of carbonyl (C=O) groups is 4. The number of pyridine rings is 4. The minimum atomic E-state index is -1.35. The summed E-state index contributed by atoms with van der Waals surface area (Å²) in [5, 5.41) is 24.3. The number of nitrogens with one attached hydrogen (secondary N) is 2. The fraction of sp³-hybridized carbons (Fsp3) is 0.242. The first-order chi connectivity index (χ1) is 45.0. The van der Waals surface area contributed by atoms with Crippen LogP contribution in [-0.4, -0.2) is 100 Å². The Morgan fingerprint density at radius 3 is 1.26 bits per heavy atom. The van der Waals surface area contributed by atoms with Gasteiger partial charge in [0, 0.05) is 97.6 Å². The van der Waals surface area contributed by atoms with E-state index in [-0.39, 0.29) is 151 Å². The minimum absolute atomic E-state index is 0.0642. The van der Waals surface area contributed by atoms with Crippen LogP contribution in [0.3, 0.4) is 0 Å². The second-order valence-electron chi connectivity index (χ2n) is 22.7. The largest absolute Gasteiger partial charge is 0.478 e. The normalized spacial score (nSPS) is 13.5. The van der Waals surface area contributed by atoms with Crippen LogP contribution in [0, 0.1) is 45.7 Å². The maximum Gasteiger partial charge on any atom is 0.335 e. The maximum absolute atomic E-state index is 15.6. The Morgan fingerprint density at radius 2 is 0.915 bits per heavy atom. The molecule has 4 N–H and O–H groups in total. The third-order valence-electron chi connectivity index (χ3n) is 16.2. The van der Waals surface area contributed by atoms with Crippen molar-refractivity contribution >= 4 is 69.0 Å². The molecule has 0 unspecified atom stereocenters. The number of hydrogen-bond acceptors (Lipinski definition) is 12. The number of benzene rings is 4. The lowest BCUT2D eigenvalue weighted by Gasteiger charge is -2.16. The number of aromatic nitrogens is 8. The van der Waals surface area contributed by atoms with Gasteiger partial charge in [-0.25, -0.2) is 55.9 Å². The van der Waals surface area contributed by atoms with Crippen molar-refractivity contribution in [2.24, 2.45) is 10.8 Å². The van der Waals surface area contributed by atoms with Crippen LogP contribution in [0.4, 0.5) is 35.1 Å². The molecule has 12 rings (SSSR count). The van der Waals surface area contributed by atoms with Crippen LogP contribution in [-0.2, 0) is 39.1 Å². The molecule has 4 aromatic carbocycles. The van der Waals surface area contributed by atoms with Crippen LogP contribution in [0.15, 0.2) is 109 Å². The molecule has 0 radical (unpaired) electrons. The summed E-state index contributed by atoms with van der Waals surface area (Å²) in [7, 11) is 2.93. The molecule has 0 aliphatic heterocycles. The molecule has 2 amide bonds. The number of imidazole rings is 2. The number of halogens is 10. The van der Waals surface area contributed by atoms with Crippen LogP contribution >= 0.6 is 23.2 Å². The summed E-state index contributed by atoms with van der Waals surface area (Å²) in [5.41, 5.74) is -1.17. The first kappa shape index (κ1) is 65.4. The zero-order chi connectivity index (χ0) is 66.9. The number of nitrogens with zero attached hydrogens (tertiary/aromatic N) is 8. The van der Waals surface area contributed by atoms with Crippen molar-refractivity contribution in [3.8, 4) is 34.3 Å². The number of carbonyl (C=O) groups excluding carboxylic acids is 2. The highest BCUT2D eigenvalue weighted by Gasteiger charge is 2.45. The number of aromatic carboxylic acids is 2. The molecule has 0 saturated heterocycles. The molecule has 10 aromatic rings. The Morgan fingerprint density at radius 1 is 0.521 bits per heavy atom. The van der Waals surface area contributed by atoms with Crippen molar-refractivity contribution in [2.75, 3.05) is 27.4 Å². The number of fused-ring (bicyclic) bond motifs is 2. The van der Waals surface area contributed by atoms with Gasteiger partial charge in [0.05, 0.1) is 56.9 Å². The summed E-state index contributed by atoms with van der Waals surface area (Å²) in [6.45, 7) is -1.26. The number of ether oxygens (including phenoxy) is 2. The van der Waals surface area contributed by atoms with Crippen LogP contribution in [0.25, 0.3) is 44.6 Å². The van der Waals surface area contributed by atoms with E-state index in [9.17, 15) is 47.0 Å². The van der Waals surface area contributed by atoms with Gasteiger partial charge in [0.1, 0.15) is 70.6 Å². The molecular weight excluding hydrogens is 1280 g/mol. The molecule has 0 spiro atoms. The molecule has 484 valence electrons. The molecule has 2 fully saturated rings. The van der Waals surface area contributed by atoms with Crippen molar-refractivity contribution in [1.29, 1.82) is 0 Å². The van der Waals surface area contributed by atoms with Gasteiger partial charge >= 0.3 is 11.9 Å². The average Bonchev–Trinajstić information content (AvgIpc) is 1.73. The molecule has 6 aromatic heterocycles. The number of amides is 2. The Kier molecular flexibility index (Phi) is 18.7. The SMILES string of the molecule is CNC(=O)c1cc(Cl)c(COc2cccc(-c3cc(F)c(Cc4nc5c(F)cc(C(=O)O)cc5n4CC4(CF)CC4)cc3F)n2)cn1.CNC(=O)c1cc(Cl)c(COc2cccc(-c3cc(F)c(Cc4nc5c(F)cc(C(=O)O)cc5n4CC4(CF)CC4)cc3F)n2)cn1. The molecule has 6 heterocycles. The second kappa shape index (κ2) is 26.9. The van der Waals surface area contributed by atoms with E-state index in [1.807, 2.05) is 0 Å². The first-order valence-corrected chi connectivity index (χ1v) is 29.6. The van der Waals surface area contributed by atoms with E-state index in [1.54, 1.807) is 12.1 Å². The highest BCUT2D eigenvalue weighted by atomic mass is 35.5. The summed E-state index contributed by atoms with van der Waals surface area (Å²) >= 11 is 12.5. The van der Waals surface area contributed by atoms with Crippen molar-refractivity contribution in [3.63, 3.8) is 0 Å². The summed E-state index contributed by atoms with van der Waals surface area (Å²) in [5.74, 6) is -8.01. The lowest BCUT2D eigenvalue weighted by molar-refractivity contribution is 0.0686. The molecule has 2 aliphatic rings. The number of carboxylic acid groups (broad SMARTS) is 2. The Bertz CT molecular complexity index is 4390. The van der Waals surface area contributed by atoms with Crippen molar-refractivity contribution < 1.29 is 74.0 Å². The summed E-state index contributed by atoms with van der Waals surface area (Å²) < 4.78 is 134. The molecule has 2 aliphatic carbocycles. The van der Waals surface area contributed by atoms with Crippen molar-refractivity contribution in [3.05, 3.63) is 211 Å². The van der Waals surface area contributed by atoms with E-state index in [4.69, 9.17) is 32.7 Å². The van der Waals surface area contributed by atoms with E-state index in [1.165, 1.54) is 84.2 Å². The standard InChI is InChI=1S/2C33H26ClF4N5O4/c2*1-39-31(44)26-12-21(34)19(13-40-26)14-47-29-4-2-3-25(41-29)20-11-22(36)17(7-23(20)37)10-28-42-30-24(38)8-18(32(45)46)9-27(30)43(28)16-33(15-35)5-6-33/h2*2-4,7-9,11-13H,5-6,10,14-16H2,1H3,(H,39,44)(H,45,46). The molecule has 18 nitrogen and oxygen atoms in total. The first-order valence-electron chi connectivity index (χ1n) is 28.9. The van der Waals surface area contributed by atoms with E-state index < -0.39 is 82.8 Å². The molecule has 0 bridgehead atoms. The van der Waals surface area contributed by atoms with E-state index in [0.717, 1.165) is 36.4 Å². The van der Waals surface area contributed by atoms with Gasteiger partial charge in [0.2, 0.25) is 11.8 Å². The van der Waals surface area contributed by atoms with E-state index in [2.05, 4.69) is 40.5 Å². The van der Waals surface area contributed by atoms with Crippen molar-refractivity contribution in [2.45, 2.75) is 64.8 Å². The fourth-order valence-corrected chi connectivity index (χ4v) is 10.8. The maximum atomic E-state index is 15.6. The van der Waals surface area contributed by atoms with Gasteiger partial charge in [-0.05, 0) is 110 Å². The van der Waals surface area contributed by atoms with Gasteiger partial charge in [-0.3, -0.25) is 28.3 Å². The predicted octanol–water partition coefficient (Wildman–Crippen LogP) is 13.1. The molecular formula is C66H52Cl2F8N10O8. The second-order valence-corrected chi connectivity index (χ2v) is 23.6. The van der Waals surface area contributed by atoms with Crippen LogP contribution in [0.1, 0.15) is 101 Å². The van der Waals surface area contributed by atoms with Gasteiger partial charge < -0.3 is 39.5 Å². The smallest absolute Gasteiger partial charge is 0.335 e. The monoisotopic (exact) mass is 1330 g/mol. The number of rotatable bonds is 22. The van der Waals surface area contributed by atoms with E-state index >= 15 is 17.6 Å². The lowest BCUT2D eigenvalue weighted by Crippen LogP contribution is -2.19. The third kappa shape index (κ3) is 14.0. The highest BCUT2D eigenvalue weighted by Crippen LogP contribution is 2.49. The predicted molar refractivity (Wildman–Crippen MR) is 327 cm³/mol. The molecule has 28 heteroatoms. The zero-order valence-corrected chi connectivity index (χ0v) is 51.1. The summed E-state index contributed by atoms with van der Waals surface area (Å²) in [6.07, 6.45) is 4.53. The van der Waals surface area contributed by atoms with Gasteiger partial charge in [0.25, 0.3) is 11.8 Å². The Hall–Kier alpha value is -10.1. The highest BCUT2D eigenvalue weighted by molar-refractivity contribution is 6.32. The summed E-state index contributed by atoms with van der Waals surface area (Å²) in [4.78, 5) is 72.0. The van der Waals surface area contributed by atoms with Crippen LogP contribution in [0.2, 0.25) is 10.0 Å². The minimum Gasteiger partial charge on any atom is -0.478 e. The van der Waals surface area contributed by atoms with Gasteiger partial charge in [-0.15, -0.1) is 0 Å². The van der Waals surface area contributed by atoms with Crippen LogP contribution in [0.5, 0.6) is 11.8 Å². The molecule has 0 atom stereocenters. The van der Waals surface area contributed by atoms with Gasteiger partial charge in [0.15, 0.2) is 11.6 Å². The lowest BCUT2D eigenvalue weighted by atomic mass is 10.0. The fourth-order valence-electron chi connectivity index (χ4n) is 10.4. The molecule has 94 heavy (non-hydrogen) atoms. The Labute approximate surface area is 538 Å². The van der Waals surface area contributed by atoms with Crippen LogP contribution < -0.4 is 20.1 Å². The van der Waals surface area contributed by atoms with Gasteiger partial charge in [-0.2, -0.15) is 0 Å². The van der Waals surface area contributed by atoms with Gasteiger partial charge in [-0.1, -0.05) is 35.3 Å². The van der Waals surface area contributed by atoms with E-state index in [0.29, 0.717) is 36.8 Å². The number of carboxylic acids is 2. The Balaban J connectivity index is 0.000000192.